The first kappa shape index (κ1) is 21.0. The van der Waals surface area contributed by atoms with Crippen LogP contribution in [-0.2, 0) is 19.3 Å². The fraction of sp³-hybridized carbons (Fsp3) is 0.520. The van der Waals surface area contributed by atoms with Gasteiger partial charge in [0.25, 0.3) is 0 Å². The highest BCUT2D eigenvalue weighted by atomic mass is 19.2. The van der Waals surface area contributed by atoms with Crippen LogP contribution < -0.4 is 0 Å². The lowest BCUT2D eigenvalue weighted by molar-refractivity contribution is 0.305. The normalized spacial score (nSPS) is 19.8. The summed E-state index contributed by atoms with van der Waals surface area (Å²) in [4.78, 5) is 0. The summed E-state index contributed by atoms with van der Waals surface area (Å²) in [5.41, 5.74) is 2.84. The van der Waals surface area contributed by atoms with Crippen molar-refractivity contribution in [3.8, 4) is 0 Å². The van der Waals surface area contributed by atoms with Crippen LogP contribution >= 0.6 is 0 Å². The number of benzene rings is 2. The Morgan fingerprint density at radius 3 is 2.14 bits per heavy atom. The summed E-state index contributed by atoms with van der Waals surface area (Å²) in [6.07, 6.45) is 7.88. The minimum atomic E-state index is -0.689. The second-order valence-electron chi connectivity index (χ2n) is 8.23. The summed E-state index contributed by atoms with van der Waals surface area (Å²) in [6.45, 7) is 3.93. The van der Waals surface area contributed by atoms with Gasteiger partial charge in [-0.2, -0.15) is 0 Å². The number of rotatable bonds is 7. The van der Waals surface area contributed by atoms with Crippen LogP contribution in [0.15, 0.2) is 30.3 Å². The highest BCUT2D eigenvalue weighted by Gasteiger charge is 2.25. The van der Waals surface area contributed by atoms with Crippen molar-refractivity contribution in [3.63, 3.8) is 0 Å². The average Bonchev–Trinajstić information content (AvgIpc) is 2.70. The van der Waals surface area contributed by atoms with Crippen molar-refractivity contribution >= 4 is 0 Å². The summed E-state index contributed by atoms with van der Waals surface area (Å²) in [5.74, 6) is -0.645. The Hall–Kier alpha value is -1.77. The Balaban J connectivity index is 1.54. The molecule has 2 aromatic rings. The van der Waals surface area contributed by atoms with Crippen LogP contribution in [0.25, 0.3) is 0 Å². The van der Waals surface area contributed by atoms with E-state index >= 15 is 0 Å². The molecule has 0 atom stereocenters. The van der Waals surface area contributed by atoms with E-state index < -0.39 is 11.6 Å². The first-order chi connectivity index (χ1) is 13.5. The number of aryl methyl sites for hydroxylation is 3. The van der Waals surface area contributed by atoms with Crippen molar-refractivity contribution in [3.05, 3.63) is 70.0 Å². The smallest absolute Gasteiger partial charge is 0.162 e. The summed E-state index contributed by atoms with van der Waals surface area (Å²) >= 11 is 0. The first-order valence-electron chi connectivity index (χ1n) is 10.8. The SMILES string of the molecule is CCCc1ccc(C2CCC(CCc3ccc(CC)c(F)c3F)CC2)c(F)c1. The van der Waals surface area contributed by atoms with E-state index in [1.165, 1.54) is 0 Å². The summed E-state index contributed by atoms with van der Waals surface area (Å²) in [7, 11) is 0. The first-order valence-corrected chi connectivity index (χ1v) is 10.8. The van der Waals surface area contributed by atoms with Gasteiger partial charge in [-0.3, -0.25) is 0 Å². The number of hydrogen-bond donors (Lipinski definition) is 0. The van der Waals surface area contributed by atoms with Crippen molar-refractivity contribution in [2.75, 3.05) is 0 Å². The van der Waals surface area contributed by atoms with Crippen LogP contribution in [0.4, 0.5) is 13.2 Å². The molecule has 0 spiro atoms. The van der Waals surface area contributed by atoms with Gasteiger partial charge in [-0.1, -0.05) is 44.5 Å². The van der Waals surface area contributed by atoms with Crippen molar-refractivity contribution in [1.29, 1.82) is 0 Å². The van der Waals surface area contributed by atoms with E-state index in [2.05, 4.69) is 13.0 Å². The molecule has 0 radical (unpaired) electrons. The second-order valence-corrected chi connectivity index (χ2v) is 8.23. The molecule has 1 fully saturated rings. The van der Waals surface area contributed by atoms with Crippen molar-refractivity contribution in [2.45, 2.75) is 77.6 Å². The van der Waals surface area contributed by atoms with Gasteiger partial charge >= 0.3 is 0 Å². The Morgan fingerprint density at radius 1 is 0.821 bits per heavy atom. The molecule has 0 nitrogen and oxygen atoms in total. The molecule has 28 heavy (non-hydrogen) atoms. The Bertz CT molecular complexity index is 789. The zero-order valence-electron chi connectivity index (χ0n) is 17.0. The quantitative estimate of drug-likeness (QED) is 0.460. The molecule has 2 aromatic carbocycles. The van der Waals surface area contributed by atoms with E-state index in [1.807, 2.05) is 13.0 Å². The van der Waals surface area contributed by atoms with Crippen LogP contribution in [-0.4, -0.2) is 0 Å². The molecular formula is C25H31F3. The van der Waals surface area contributed by atoms with Crippen molar-refractivity contribution < 1.29 is 13.2 Å². The van der Waals surface area contributed by atoms with Crippen LogP contribution in [0.1, 0.15) is 80.5 Å². The lowest BCUT2D eigenvalue weighted by Gasteiger charge is -2.29. The highest BCUT2D eigenvalue weighted by molar-refractivity contribution is 5.28. The van der Waals surface area contributed by atoms with Gasteiger partial charge in [-0.25, -0.2) is 13.2 Å². The van der Waals surface area contributed by atoms with E-state index in [9.17, 15) is 13.2 Å². The second kappa shape index (κ2) is 9.62. The van der Waals surface area contributed by atoms with Crippen LogP contribution in [0.2, 0.25) is 0 Å². The standard InChI is InChI=1S/C25H31F3/c1-3-5-18-9-15-22(23(26)16-18)20-10-6-17(7-11-20)8-12-21-14-13-19(4-2)24(27)25(21)28/h9,13-17,20H,3-8,10-12H2,1-2H3. The molecule has 1 aliphatic rings. The van der Waals surface area contributed by atoms with Crippen LogP contribution in [0.5, 0.6) is 0 Å². The molecule has 0 aromatic heterocycles. The lowest BCUT2D eigenvalue weighted by Crippen LogP contribution is -2.15. The molecule has 0 saturated heterocycles. The fourth-order valence-corrected chi connectivity index (χ4v) is 4.56. The summed E-state index contributed by atoms with van der Waals surface area (Å²) in [6, 6.07) is 9.16. The average molecular weight is 389 g/mol. The van der Waals surface area contributed by atoms with Crippen molar-refractivity contribution in [2.24, 2.45) is 5.92 Å². The molecule has 152 valence electrons. The van der Waals surface area contributed by atoms with Gasteiger partial charge in [0.15, 0.2) is 11.6 Å². The summed E-state index contributed by atoms with van der Waals surface area (Å²) in [5, 5.41) is 0. The van der Waals surface area contributed by atoms with E-state index in [-0.39, 0.29) is 11.7 Å². The number of halogens is 3. The molecule has 1 aliphatic carbocycles. The van der Waals surface area contributed by atoms with Crippen LogP contribution in [0, 0.1) is 23.4 Å². The minimum absolute atomic E-state index is 0.0667. The van der Waals surface area contributed by atoms with E-state index in [0.717, 1.165) is 56.1 Å². The van der Waals surface area contributed by atoms with Gasteiger partial charge in [-0.15, -0.1) is 0 Å². The van der Waals surface area contributed by atoms with Gasteiger partial charge in [0.2, 0.25) is 0 Å². The van der Waals surface area contributed by atoms with E-state index in [0.29, 0.717) is 29.9 Å². The maximum absolute atomic E-state index is 14.5. The Kier molecular flexibility index (Phi) is 7.20. The van der Waals surface area contributed by atoms with Gasteiger partial charge in [0.1, 0.15) is 5.82 Å². The molecule has 3 heteroatoms. The zero-order chi connectivity index (χ0) is 20.1. The maximum atomic E-state index is 14.5. The van der Waals surface area contributed by atoms with E-state index in [1.54, 1.807) is 18.2 Å². The third-order valence-corrected chi connectivity index (χ3v) is 6.34. The minimum Gasteiger partial charge on any atom is -0.207 e. The largest absolute Gasteiger partial charge is 0.207 e. The fourth-order valence-electron chi connectivity index (χ4n) is 4.56. The predicted octanol–water partition coefficient (Wildman–Crippen LogP) is 7.53. The maximum Gasteiger partial charge on any atom is 0.162 e. The lowest BCUT2D eigenvalue weighted by atomic mass is 9.76. The molecule has 0 N–H and O–H groups in total. The molecule has 1 saturated carbocycles. The Labute approximate surface area is 167 Å². The predicted molar refractivity (Wildman–Crippen MR) is 109 cm³/mol. The van der Waals surface area contributed by atoms with Gasteiger partial charge in [0, 0.05) is 0 Å². The van der Waals surface area contributed by atoms with Crippen molar-refractivity contribution in [1.82, 2.24) is 0 Å². The third-order valence-electron chi connectivity index (χ3n) is 6.34. The van der Waals surface area contributed by atoms with Crippen LogP contribution in [0.3, 0.4) is 0 Å². The molecular weight excluding hydrogens is 357 g/mol. The molecule has 0 unspecified atom stereocenters. The van der Waals surface area contributed by atoms with Gasteiger partial charge < -0.3 is 0 Å². The molecule has 0 amide bonds. The van der Waals surface area contributed by atoms with Gasteiger partial charge in [-0.05, 0) is 91.5 Å². The number of hydrogen-bond acceptors (Lipinski definition) is 0. The van der Waals surface area contributed by atoms with Gasteiger partial charge in [0.05, 0.1) is 0 Å². The zero-order valence-corrected chi connectivity index (χ0v) is 17.0. The Morgan fingerprint density at radius 2 is 1.50 bits per heavy atom. The topological polar surface area (TPSA) is 0 Å². The molecule has 0 bridgehead atoms. The summed E-state index contributed by atoms with van der Waals surface area (Å²) < 4.78 is 42.7. The molecule has 0 heterocycles. The monoisotopic (exact) mass is 388 g/mol. The third kappa shape index (κ3) is 4.79. The van der Waals surface area contributed by atoms with E-state index in [4.69, 9.17) is 0 Å². The molecule has 0 aliphatic heterocycles. The highest BCUT2D eigenvalue weighted by Crippen LogP contribution is 2.38. The molecule has 3 rings (SSSR count).